The van der Waals surface area contributed by atoms with E-state index in [0.717, 1.165) is 42.6 Å². The minimum Gasteiger partial charge on any atom is -0.354 e. The van der Waals surface area contributed by atoms with Crippen LogP contribution < -0.4 is 9.62 Å². The number of nitrogens with one attached hydrogen (secondary N) is 1. The number of unbranched alkanes of at least 4 members (excludes halogenated alkanes) is 1. The molecule has 7 nitrogen and oxygen atoms in total. The van der Waals surface area contributed by atoms with Crippen LogP contribution in [0.15, 0.2) is 83.3 Å². The van der Waals surface area contributed by atoms with E-state index in [-0.39, 0.29) is 12.5 Å². The molecule has 1 N–H and O–H groups in total. The van der Waals surface area contributed by atoms with Gasteiger partial charge in [-0.05, 0) is 76.5 Å². The third-order valence-electron chi connectivity index (χ3n) is 6.14. The molecule has 3 rings (SSSR count). The lowest BCUT2D eigenvalue weighted by Crippen LogP contribution is -2.53. The van der Waals surface area contributed by atoms with Gasteiger partial charge in [-0.1, -0.05) is 71.7 Å². The molecule has 0 aliphatic heterocycles. The van der Waals surface area contributed by atoms with Crippen LogP contribution >= 0.6 is 38.5 Å². The summed E-state index contributed by atoms with van der Waals surface area (Å²) in [6.07, 6.45) is 3.11. The van der Waals surface area contributed by atoms with Crippen molar-refractivity contribution in [1.29, 1.82) is 0 Å². The second-order valence-electron chi connectivity index (χ2n) is 9.25. The van der Waals surface area contributed by atoms with Gasteiger partial charge in [0.1, 0.15) is 12.6 Å². The molecule has 0 aliphatic rings. The number of rotatable bonds is 13. The van der Waals surface area contributed by atoms with Crippen LogP contribution in [0.2, 0.25) is 0 Å². The number of anilines is 1. The van der Waals surface area contributed by atoms with Crippen LogP contribution in [-0.4, -0.2) is 50.5 Å². The zero-order valence-corrected chi connectivity index (χ0v) is 26.6. The summed E-state index contributed by atoms with van der Waals surface area (Å²) >= 11 is 5.62. The first-order valence-electron chi connectivity index (χ1n) is 12.7. The van der Waals surface area contributed by atoms with Gasteiger partial charge in [0.2, 0.25) is 21.8 Å². The van der Waals surface area contributed by atoms with E-state index in [1.54, 1.807) is 24.3 Å². The maximum atomic E-state index is 14.0. The van der Waals surface area contributed by atoms with E-state index in [4.69, 9.17) is 0 Å². The Morgan fingerprint density at radius 1 is 0.974 bits per heavy atom. The molecular formula is C29H33BrIN3O4S. The highest BCUT2D eigenvalue weighted by Gasteiger charge is 2.33. The van der Waals surface area contributed by atoms with E-state index in [2.05, 4.69) is 43.8 Å². The summed E-state index contributed by atoms with van der Waals surface area (Å²) in [5, 5.41) is 2.98. The summed E-state index contributed by atoms with van der Waals surface area (Å²) in [5.74, 6) is -0.735. The molecule has 0 radical (unpaired) electrons. The summed E-state index contributed by atoms with van der Waals surface area (Å²) in [6.45, 7) is 2.25. The largest absolute Gasteiger partial charge is 0.354 e. The number of hydrogen-bond acceptors (Lipinski definition) is 4. The van der Waals surface area contributed by atoms with Crippen molar-refractivity contribution in [3.63, 3.8) is 0 Å². The molecule has 3 aromatic rings. The molecule has 3 aromatic carbocycles. The quantitative estimate of drug-likeness (QED) is 0.190. The van der Waals surface area contributed by atoms with Crippen molar-refractivity contribution in [2.24, 2.45) is 0 Å². The molecule has 0 aromatic heterocycles. The number of carbonyl (C=O) groups is 2. The van der Waals surface area contributed by atoms with Gasteiger partial charge < -0.3 is 10.2 Å². The van der Waals surface area contributed by atoms with Crippen LogP contribution in [-0.2, 0) is 32.6 Å². The van der Waals surface area contributed by atoms with Crippen molar-refractivity contribution in [2.75, 3.05) is 23.7 Å². The van der Waals surface area contributed by atoms with Crippen LogP contribution in [0.4, 0.5) is 5.69 Å². The van der Waals surface area contributed by atoms with E-state index >= 15 is 0 Å². The number of halogens is 2. The number of nitrogens with zero attached hydrogens (tertiary/aromatic N) is 2. The average Bonchev–Trinajstić information content (AvgIpc) is 2.90. The molecule has 2 amide bonds. The summed E-state index contributed by atoms with van der Waals surface area (Å²) in [5.41, 5.74) is 2.11. The van der Waals surface area contributed by atoms with Crippen molar-refractivity contribution < 1.29 is 18.0 Å². The van der Waals surface area contributed by atoms with Gasteiger partial charge in [-0.3, -0.25) is 13.9 Å². The molecule has 0 fully saturated rings. The first-order chi connectivity index (χ1) is 18.6. The Labute approximate surface area is 253 Å². The average molecular weight is 726 g/mol. The van der Waals surface area contributed by atoms with Crippen molar-refractivity contribution >= 4 is 66.0 Å². The summed E-state index contributed by atoms with van der Waals surface area (Å²) in [4.78, 5) is 29.1. The molecule has 0 unspecified atom stereocenters. The fourth-order valence-corrected chi connectivity index (χ4v) is 5.77. The lowest BCUT2D eigenvalue weighted by Gasteiger charge is -2.33. The van der Waals surface area contributed by atoms with Crippen molar-refractivity contribution in [2.45, 2.75) is 38.8 Å². The molecule has 0 saturated carbocycles. The molecule has 10 heteroatoms. The lowest BCUT2D eigenvalue weighted by molar-refractivity contribution is -0.140. The molecular weight excluding hydrogens is 693 g/mol. The number of amides is 2. The normalized spacial score (nSPS) is 12.0. The zero-order chi connectivity index (χ0) is 28.4. The van der Waals surface area contributed by atoms with Crippen LogP contribution in [0, 0.1) is 3.57 Å². The van der Waals surface area contributed by atoms with E-state index in [0.29, 0.717) is 18.7 Å². The van der Waals surface area contributed by atoms with Crippen molar-refractivity contribution in [3.05, 3.63) is 98.0 Å². The fourth-order valence-electron chi connectivity index (χ4n) is 4.11. The van der Waals surface area contributed by atoms with Gasteiger partial charge in [-0.15, -0.1) is 0 Å². The van der Waals surface area contributed by atoms with E-state index < -0.39 is 28.5 Å². The zero-order valence-electron chi connectivity index (χ0n) is 22.0. The molecule has 39 heavy (non-hydrogen) atoms. The second kappa shape index (κ2) is 14.8. The SMILES string of the molecule is CCCCNC(=O)[C@H](Cc1ccccc1)N(Cc1cccc(Br)c1)C(=O)CN(c1ccc(I)cc1)S(C)(=O)=O. The van der Waals surface area contributed by atoms with Crippen LogP contribution in [0.1, 0.15) is 30.9 Å². The Morgan fingerprint density at radius 2 is 1.64 bits per heavy atom. The third-order valence-corrected chi connectivity index (χ3v) is 8.49. The van der Waals surface area contributed by atoms with Gasteiger partial charge in [0.25, 0.3) is 0 Å². The summed E-state index contributed by atoms with van der Waals surface area (Å²) in [6, 6.07) is 23.1. The van der Waals surface area contributed by atoms with Crippen LogP contribution in [0.5, 0.6) is 0 Å². The molecule has 0 saturated heterocycles. The Kier molecular flexibility index (Phi) is 11.8. The Morgan fingerprint density at radius 3 is 2.26 bits per heavy atom. The van der Waals surface area contributed by atoms with Gasteiger partial charge in [0, 0.05) is 27.6 Å². The van der Waals surface area contributed by atoms with Crippen LogP contribution in [0.25, 0.3) is 0 Å². The first kappa shape index (κ1) is 31.1. The topological polar surface area (TPSA) is 86.8 Å². The van der Waals surface area contributed by atoms with Gasteiger partial charge in [0.15, 0.2) is 0 Å². The molecule has 0 aliphatic carbocycles. The number of hydrogen-bond donors (Lipinski definition) is 1. The number of carbonyl (C=O) groups excluding carboxylic acids is 2. The standard InChI is InChI=1S/C29H33BrIN3O4S/c1-3-4-17-32-29(36)27(19-22-9-6-5-7-10-22)33(20-23-11-8-12-24(30)18-23)28(35)21-34(39(2,37)38)26-15-13-25(31)14-16-26/h5-16,18,27H,3-4,17,19-21H2,1-2H3,(H,32,36)/t27-/m0/s1. The minimum atomic E-state index is -3.79. The first-order valence-corrected chi connectivity index (χ1v) is 16.4. The maximum absolute atomic E-state index is 14.0. The van der Waals surface area contributed by atoms with E-state index in [1.165, 1.54) is 4.90 Å². The molecule has 1 atom stereocenters. The second-order valence-corrected chi connectivity index (χ2v) is 13.3. The lowest BCUT2D eigenvalue weighted by atomic mass is 10.0. The fraction of sp³-hybridized carbons (Fsp3) is 0.310. The van der Waals surface area contributed by atoms with Gasteiger partial charge >= 0.3 is 0 Å². The van der Waals surface area contributed by atoms with Gasteiger partial charge in [0.05, 0.1) is 11.9 Å². The van der Waals surface area contributed by atoms with Crippen LogP contribution in [0.3, 0.4) is 0 Å². The minimum absolute atomic E-state index is 0.140. The van der Waals surface area contributed by atoms with Gasteiger partial charge in [-0.25, -0.2) is 8.42 Å². The summed E-state index contributed by atoms with van der Waals surface area (Å²) in [7, 11) is -3.79. The molecule has 0 bridgehead atoms. The van der Waals surface area contributed by atoms with Crippen molar-refractivity contribution in [1.82, 2.24) is 10.2 Å². The van der Waals surface area contributed by atoms with E-state index in [1.807, 2.05) is 61.5 Å². The smallest absolute Gasteiger partial charge is 0.244 e. The third kappa shape index (κ3) is 9.61. The summed E-state index contributed by atoms with van der Waals surface area (Å²) < 4.78 is 28.5. The maximum Gasteiger partial charge on any atom is 0.244 e. The van der Waals surface area contributed by atoms with Gasteiger partial charge in [-0.2, -0.15) is 0 Å². The highest BCUT2D eigenvalue weighted by Crippen LogP contribution is 2.22. The van der Waals surface area contributed by atoms with Crippen molar-refractivity contribution in [3.8, 4) is 0 Å². The monoisotopic (exact) mass is 725 g/mol. The number of sulfonamides is 1. The Balaban J connectivity index is 2.02. The highest BCUT2D eigenvalue weighted by molar-refractivity contribution is 14.1. The Bertz CT molecular complexity index is 1350. The predicted molar refractivity (Wildman–Crippen MR) is 168 cm³/mol. The molecule has 0 heterocycles. The van der Waals surface area contributed by atoms with E-state index in [9.17, 15) is 18.0 Å². The molecule has 208 valence electrons. The highest BCUT2D eigenvalue weighted by atomic mass is 127. The predicted octanol–water partition coefficient (Wildman–Crippen LogP) is 5.38. The number of benzene rings is 3. The Hall–Kier alpha value is -2.44. The molecule has 0 spiro atoms.